The lowest BCUT2D eigenvalue weighted by Gasteiger charge is -2.19. The Hall–Kier alpha value is -1.21. The molecule has 7 heteroatoms. The molecule has 0 saturated carbocycles. The van der Waals surface area contributed by atoms with Crippen molar-refractivity contribution in [3.05, 3.63) is 30.3 Å². The summed E-state index contributed by atoms with van der Waals surface area (Å²) >= 11 is 1.18. The van der Waals surface area contributed by atoms with E-state index in [4.69, 9.17) is 5.11 Å². The van der Waals surface area contributed by atoms with Gasteiger partial charge in [0, 0.05) is 10.9 Å². The third kappa shape index (κ3) is 4.14. The molecular formula is C12H15NO4S2. The summed E-state index contributed by atoms with van der Waals surface area (Å²) in [5, 5.41) is 11.6. The second-order valence-corrected chi connectivity index (χ2v) is 7.82. The van der Waals surface area contributed by atoms with Gasteiger partial charge in [-0.3, -0.25) is 4.79 Å². The van der Waals surface area contributed by atoms with E-state index in [1.54, 1.807) is 0 Å². The van der Waals surface area contributed by atoms with Gasteiger partial charge in [0.05, 0.1) is 23.3 Å². The normalized spacial score (nSPS) is 25.1. The lowest BCUT2D eigenvalue weighted by atomic mass is 10.2. The number of aliphatic carboxylic acids is 1. The number of nitrogens with one attached hydrogen (secondary N) is 1. The first-order valence-electron chi connectivity index (χ1n) is 5.82. The number of rotatable bonds is 5. The Morgan fingerprint density at radius 1 is 1.32 bits per heavy atom. The molecule has 1 fully saturated rings. The largest absolute Gasteiger partial charge is 0.481 e. The van der Waals surface area contributed by atoms with E-state index >= 15 is 0 Å². The maximum absolute atomic E-state index is 11.7. The highest BCUT2D eigenvalue weighted by atomic mass is 32.2. The Morgan fingerprint density at radius 3 is 2.63 bits per heavy atom. The van der Waals surface area contributed by atoms with Crippen molar-refractivity contribution in [2.24, 2.45) is 0 Å². The van der Waals surface area contributed by atoms with Crippen LogP contribution in [0.3, 0.4) is 0 Å². The van der Waals surface area contributed by atoms with Crippen LogP contribution in [0.25, 0.3) is 0 Å². The maximum Gasteiger partial charge on any atom is 0.313 e. The molecule has 1 aliphatic heterocycles. The maximum atomic E-state index is 11.7. The van der Waals surface area contributed by atoms with E-state index in [2.05, 4.69) is 5.32 Å². The highest BCUT2D eigenvalue weighted by Crippen LogP contribution is 2.27. The number of anilines is 1. The summed E-state index contributed by atoms with van der Waals surface area (Å²) in [7, 11) is -3.09. The second-order valence-electron chi connectivity index (χ2n) is 4.44. The quantitative estimate of drug-likeness (QED) is 0.847. The number of carboxylic acids is 1. The Labute approximate surface area is 116 Å². The predicted octanol–water partition coefficient (Wildman–Crippen LogP) is 1.08. The fourth-order valence-electron chi connectivity index (χ4n) is 2.04. The third-order valence-corrected chi connectivity index (χ3v) is 6.13. The van der Waals surface area contributed by atoms with E-state index in [0.717, 1.165) is 5.69 Å². The molecule has 1 aromatic carbocycles. The smallest absolute Gasteiger partial charge is 0.313 e. The summed E-state index contributed by atoms with van der Waals surface area (Å²) in [5.74, 6) is -0.908. The standard InChI is InChI=1S/C12H15NO4S2/c14-12(15)6-18-11-8-19(16,17)7-10(11)13-9-4-2-1-3-5-9/h1-5,10-11,13H,6-8H2,(H,14,15)/t10-,11+/m1/s1. The molecule has 0 aliphatic carbocycles. The molecule has 0 bridgehead atoms. The zero-order chi connectivity index (χ0) is 13.9. The SMILES string of the molecule is O=C(O)CS[C@H]1CS(=O)(=O)C[C@H]1Nc1ccccc1. The first-order chi connectivity index (χ1) is 8.96. The van der Waals surface area contributed by atoms with E-state index < -0.39 is 15.8 Å². The van der Waals surface area contributed by atoms with Crippen molar-refractivity contribution >= 4 is 33.3 Å². The lowest BCUT2D eigenvalue weighted by molar-refractivity contribution is -0.133. The number of carbonyl (C=O) groups is 1. The van der Waals surface area contributed by atoms with Crippen molar-refractivity contribution in [3.8, 4) is 0 Å². The monoisotopic (exact) mass is 301 g/mol. The van der Waals surface area contributed by atoms with Crippen LogP contribution in [-0.2, 0) is 14.6 Å². The van der Waals surface area contributed by atoms with Crippen LogP contribution in [0, 0.1) is 0 Å². The van der Waals surface area contributed by atoms with Crippen molar-refractivity contribution in [2.75, 3.05) is 22.6 Å². The van der Waals surface area contributed by atoms with Gasteiger partial charge < -0.3 is 10.4 Å². The lowest BCUT2D eigenvalue weighted by Crippen LogP contribution is -2.30. The number of para-hydroxylation sites is 1. The molecule has 0 radical (unpaired) electrons. The van der Waals surface area contributed by atoms with Gasteiger partial charge in [0.1, 0.15) is 0 Å². The molecule has 1 heterocycles. The molecule has 19 heavy (non-hydrogen) atoms. The molecule has 0 aromatic heterocycles. The van der Waals surface area contributed by atoms with Crippen molar-refractivity contribution in [1.82, 2.24) is 0 Å². The van der Waals surface area contributed by atoms with Gasteiger partial charge >= 0.3 is 5.97 Å². The van der Waals surface area contributed by atoms with Gasteiger partial charge in [-0.15, -0.1) is 11.8 Å². The average Bonchev–Trinajstić information content (AvgIpc) is 2.62. The number of thioether (sulfide) groups is 1. The number of sulfone groups is 1. The molecule has 5 nitrogen and oxygen atoms in total. The number of carboxylic acid groups (broad SMARTS) is 1. The summed E-state index contributed by atoms with van der Waals surface area (Å²) in [6.45, 7) is 0. The molecule has 0 spiro atoms. The van der Waals surface area contributed by atoms with Gasteiger partial charge in [-0.25, -0.2) is 8.42 Å². The molecule has 2 atom stereocenters. The molecule has 0 amide bonds. The van der Waals surface area contributed by atoms with Crippen molar-refractivity contribution in [1.29, 1.82) is 0 Å². The minimum Gasteiger partial charge on any atom is -0.481 e. The summed E-state index contributed by atoms with van der Waals surface area (Å²) in [4.78, 5) is 10.6. The van der Waals surface area contributed by atoms with E-state index in [9.17, 15) is 13.2 Å². The predicted molar refractivity (Wildman–Crippen MR) is 76.4 cm³/mol. The molecule has 1 aromatic rings. The topological polar surface area (TPSA) is 83.5 Å². The summed E-state index contributed by atoms with van der Waals surface area (Å²) in [6, 6.07) is 9.11. The van der Waals surface area contributed by atoms with Crippen molar-refractivity contribution in [3.63, 3.8) is 0 Å². The molecule has 104 valence electrons. The van der Waals surface area contributed by atoms with Crippen LogP contribution < -0.4 is 5.32 Å². The van der Waals surface area contributed by atoms with Crippen molar-refractivity contribution in [2.45, 2.75) is 11.3 Å². The molecule has 1 aliphatic rings. The van der Waals surface area contributed by atoms with E-state index in [1.807, 2.05) is 30.3 Å². The van der Waals surface area contributed by atoms with E-state index in [0.29, 0.717) is 0 Å². The molecule has 0 unspecified atom stereocenters. The van der Waals surface area contributed by atoms with Gasteiger partial charge in [-0.1, -0.05) is 18.2 Å². The van der Waals surface area contributed by atoms with Gasteiger partial charge in [-0.2, -0.15) is 0 Å². The third-order valence-electron chi connectivity index (χ3n) is 2.85. The average molecular weight is 301 g/mol. The summed E-state index contributed by atoms with van der Waals surface area (Å²) < 4.78 is 23.4. The summed E-state index contributed by atoms with van der Waals surface area (Å²) in [6.07, 6.45) is 0. The molecular weight excluding hydrogens is 286 g/mol. The molecule has 2 rings (SSSR count). The first kappa shape index (κ1) is 14.2. The van der Waals surface area contributed by atoms with Crippen LogP contribution in [-0.4, -0.2) is 48.0 Å². The van der Waals surface area contributed by atoms with E-state index in [-0.39, 0.29) is 28.6 Å². The van der Waals surface area contributed by atoms with Gasteiger partial charge in [0.25, 0.3) is 0 Å². The van der Waals surface area contributed by atoms with Gasteiger partial charge in [0.15, 0.2) is 9.84 Å². The number of hydrogen-bond acceptors (Lipinski definition) is 5. The molecule has 1 saturated heterocycles. The minimum absolute atomic E-state index is 0.0371. The van der Waals surface area contributed by atoms with Gasteiger partial charge in [-0.05, 0) is 12.1 Å². The zero-order valence-corrected chi connectivity index (χ0v) is 11.8. The van der Waals surface area contributed by atoms with Crippen molar-refractivity contribution < 1.29 is 18.3 Å². The second kappa shape index (κ2) is 5.83. The Bertz CT molecular complexity index is 544. The Balaban J connectivity index is 2.05. The number of hydrogen-bond donors (Lipinski definition) is 2. The van der Waals surface area contributed by atoms with Gasteiger partial charge in [0.2, 0.25) is 0 Å². The summed E-state index contributed by atoms with van der Waals surface area (Å²) in [5.41, 5.74) is 0.852. The van der Waals surface area contributed by atoms with E-state index in [1.165, 1.54) is 11.8 Å². The highest BCUT2D eigenvalue weighted by Gasteiger charge is 2.38. The van der Waals surface area contributed by atoms with Crippen LogP contribution in [0.5, 0.6) is 0 Å². The van der Waals surface area contributed by atoms with Crippen LogP contribution in [0.1, 0.15) is 0 Å². The van der Waals surface area contributed by atoms with Crippen LogP contribution in [0.2, 0.25) is 0 Å². The Kier molecular flexibility index (Phi) is 4.36. The van der Waals surface area contributed by atoms with Crippen LogP contribution in [0.4, 0.5) is 5.69 Å². The van der Waals surface area contributed by atoms with Crippen LogP contribution in [0.15, 0.2) is 30.3 Å². The highest BCUT2D eigenvalue weighted by molar-refractivity contribution is 8.02. The minimum atomic E-state index is -3.09. The fourth-order valence-corrected chi connectivity index (χ4v) is 5.65. The fraction of sp³-hybridized carbons (Fsp3) is 0.417. The molecule has 2 N–H and O–H groups in total. The zero-order valence-electron chi connectivity index (χ0n) is 10.2. The first-order valence-corrected chi connectivity index (χ1v) is 8.69. The number of benzene rings is 1. The van der Waals surface area contributed by atoms with Crippen LogP contribution >= 0.6 is 11.8 Å². The Morgan fingerprint density at radius 2 is 2.00 bits per heavy atom.